The van der Waals surface area contributed by atoms with Gasteiger partial charge >= 0.3 is 0 Å². The number of nitrogens with one attached hydrogen (secondary N) is 1. The van der Waals surface area contributed by atoms with E-state index in [-0.39, 0.29) is 12.3 Å². The summed E-state index contributed by atoms with van der Waals surface area (Å²) in [6.07, 6.45) is 1.33. The number of amides is 2. The van der Waals surface area contributed by atoms with Gasteiger partial charge < -0.3 is 4.90 Å². The molecule has 1 heterocycles. The van der Waals surface area contributed by atoms with Gasteiger partial charge in [0.05, 0.1) is 11.4 Å². The van der Waals surface area contributed by atoms with E-state index in [4.69, 9.17) is 10.2 Å². The average molecular weight is 389 g/mol. The van der Waals surface area contributed by atoms with Crippen LogP contribution in [-0.4, -0.2) is 35.8 Å². The Kier molecular flexibility index (Phi) is 6.43. The number of rotatable bonds is 4. The van der Waals surface area contributed by atoms with E-state index < -0.39 is 11.9 Å². The summed E-state index contributed by atoms with van der Waals surface area (Å²) in [6, 6.07) is 15.1. The van der Waals surface area contributed by atoms with E-state index in [1.807, 2.05) is 48.5 Å². The van der Waals surface area contributed by atoms with Crippen LogP contribution in [0, 0.1) is 11.8 Å². The maximum atomic E-state index is 12.6. The molecule has 2 aromatic rings. The van der Waals surface area contributed by atoms with Crippen LogP contribution in [0.15, 0.2) is 53.5 Å². The predicted molar refractivity (Wildman–Crippen MR) is 112 cm³/mol. The van der Waals surface area contributed by atoms with Gasteiger partial charge in [0.25, 0.3) is 5.91 Å². The maximum absolute atomic E-state index is 12.6. The minimum Gasteiger partial charge on any atom is -0.313 e. The van der Waals surface area contributed by atoms with Crippen molar-refractivity contribution in [3.8, 4) is 11.8 Å². The molecule has 1 aliphatic heterocycles. The number of hydrogen-bond donors (Lipinski definition) is 2. The number of fused-ring (bicyclic) bond motifs is 1. The second-order valence-corrected chi connectivity index (χ2v) is 6.84. The highest BCUT2D eigenvalue weighted by Gasteiger charge is 2.27. The molecule has 6 heteroatoms. The van der Waals surface area contributed by atoms with E-state index in [0.29, 0.717) is 12.8 Å². The fourth-order valence-electron chi connectivity index (χ4n) is 3.20. The first kappa shape index (κ1) is 20.3. The number of nitrogens with zero attached hydrogens (tertiary/aromatic N) is 2. The molecule has 1 aliphatic rings. The summed E-state index contributed by atoms with van der Waals surface area (Å²) in [5, 5.41) is 8.51. The molecule has 2 N–H and O–H groups in total. The van der Waals surface area contributed by atoms with Gasteiger partial charge in [0.15, 0.2) is 0 Å². The summed E-state index contributed by atoms with van der Waals surface area (Å²) in [7, 11) is 1.76. The highest BCUT2D eigenvalue weighted by atomic mass is 16.5. The molecule has 2 aromatic carbocycles. The molecule has 29 heavy (non-hydrogen) atoms. The summed E-state index contributed by atoms with van der Waals surface area (Å²) in [5.74, 6) is 5.70. The second-order valence-electron chi connectivity index (χ2n) is 6.84. The third kappa shape index (κ3) is 4.71. The number of carbonyl (C=O) groups is 2. The van der Waals surface area contributed by atoms with Crippen LogP contribution in [0.3, 0.4) is 0 Å². The van der Waals surface area contributed by atoms with Crippen LogP contribution in [0.4, 0.5) is 5.69 Å². The van der Waals surface area contributed by atoms with E-state index in [1.165, 1.54) is 0 Å². The van der Waals surface area contributed by atoms with Crippen LogP contribution in [0.25, 0.3) is 0 Å². The SMILES string of the molecule is C[C@H]1N=C(c2ccccc2)c2cc(C#CCCCC(=O)NO)ccc2N(C)C1=O. The maximum Gasteiger partial charge on any atom is 0.251 e. The van der Waals surface area contributed by atoms with Gasteiger partial charge in [-0.2, -0.15) is 0 Å². The molecule has 148 valence electrons. The third-order valence-corrected chi connectivity index (χ3v) is 4.73. The number of aliphatic imine (C=N–C) groups is 1. The zero-order valence-corrected chi connectivity index (χ0v) is 16.5. The predicted octanol–water partition coefficient (Wildman–Crippen LogP) is 2.92. The third-order valence-electron chi connectivity index (χ3n) is 4.73. The van der Waals surface area contributed by atoms with Crippen molar-refractivity contribution >= 4 is 23.2 Å². The largest absolute Gasteiger partial charge is 0.313 e. The fraction of sp³-hybridized carbons (Fsp3) is 0.261. The molecule has 3 rings (SSSR count). The van der Waals surface area contributed by atoms with Gasteiger partial charge in [-0.3, -0.25) is 19.8 Å². The first-order valence-corrected chi connectivity index (χ1v) is 9.48. The Labute approximate surface area is 170 Å². The van der Waals surface area contributed by atoms with Gasteiger partial charge in [0.1, 0.15) is 6.04 Å². The summed E-state index contributed by atoms with van der Waals surface area (Å²) in [4.78, 5) is 30.0. The Morgan fingerprint density at radius 1 is 1.24 bits per heavy atom. The highest BCUT2D eigenvalue weighted by Crippen LogP contribution is 2.28. The van der Waals surface area contributed by atoms with Crippen molar-refractivity contribution in [1.82, 2.24) is 5.48 Å². The minimum atomic E-state index is -0.477. The van der Waals surface area contributed by atoms with Crippen LogP contribution < -0.4 is 10.4 Å². The van der Waals surface area contributed by atoms with Gasteiger partial charge in [-0.1, -0.05) is 42.2 Å². The number of anilines is 1. The Morgan fingerprint density at radius 3 is 2.72 bits per heavy atom. The number of hydroxylamine groups is 1. The minimum absolute atomic E-state index is 0.0572. The van der Waals surface area contributed by atoms with E-state index >= 15 is 0 Å². The van der Waals surface area contributed by atoms with Crippen LogP contribution in [0.5, 0.6) is 0 Å². The summed E-state index contributed by atoms with van der Waals surface area (Å²) >= 11 is 0. The Hall–Kier alpha value is -3.43. The lowest BCUT2D eigenvalue weighted by Gasteiger charge is -2.19. The number of benzene rings is 2. The van der Waals surface area contributed by atoms with E-state index in [9.17, 15) is 9.59 Å². The van der Waals surface area contributed by atoms with Crippen molar-refractivity contribution in [2.45, 2.75) is 32.2 Å². The molecule has 0 fully saturated rings. The van der Waals surface area contributed by atoms with Crippen LogP contribution >= 0.6 is 0 Å². The molecule has 0 saturated heterocycles. The monoisotopic (exact) mass is 389 g/mol. The van der Waals surface area contributed by atoms with Crippen molar-refractivity contribution in [3.05, 3.63) is 65.2 Å². The highest BCUT2D eigenvalue weighted by molar-refractivity contribution is 6.20. The summed E-state index contributed by atoms with van der Waals surface area (Å²) in [5.41, 5.74) is 5.81. The van der Waals surface area contributed by atoms with Crippen LogP contribution in [-0.2, 0) is 9.59 Å². The van der Waals surface area contributed by atoms with Gasteiger partial charge in [0, 0.05) is 36.6 Å². The molecule has 0 unspecified atom stereocenters. The number of carbonyl (C=O) groups excluding carboxylic acids is 2. The lowest BCUT2D eigenvalue weighted by atomic mass is 9.98. The van der Waals surface area contributed by atoms with Gasteiger partial charge in [-0.25, -0.2) is 5.48 Å². The number of likely N-dealkylation sites (N-methyl/N-ethyl adjacent to an activating group) is 1. The smallest absolute Gasteiger partial charge is 0.251 e. The molecule has 0 spiro atoms. The Bertz CT molecular complexity index is 1000. The number of unbranched alkanes of at least 4 members (excludes halogenated alkanes) is 1. The molecule has 0 radical (unpaired) electrons. The Balaban J connectivity index is 1.94. The lowest BCUT2D eigenvalue weighted by molar-refractivity contribution is -0.129. The van der Waals surface area contributed by atoms with Gasteiger partial charge in [-0.05, 0) is 31.5 Å². The van der Waals surface area contributed by atoms with Gasteiger partial charge in [0.2, 0.25) is 5.91 Å². The van der Waals surface area contributed by atoms with Crippen LogP contribution in [0.1, 0.15) is 42.9 Å². The quantitative estimate of drug-likeness (QED) is 0.365. The standard InChI is InChI=1S/C23H23N3O3/c1-16-23(28)26(2)20-14-13-17(9-5-3-8-12-21(27)25-29)15-19(20)22(24-16)18-10-6-4-7-11-18/h4,6-7,10-11,13-16,29H,3,8,12H2,1-2H3,(H,25,27)/t16-/m1/s1. The number of hydrogen-bond acceptors (Lipinski definition) is 4. The van der Waals surface area contributed by atoms with Crippen molar-refractivity contribution < 1.29 is 14.8 Å². The molecule has 1 atom stereocenters. The molecule has 6 nitrogen and oxygen atoms in total. The molecule has 0 bridgehead atoms. The second kappa shape index (κ2) is 9.18. The van der Waals surface area contributed by atoms with Crippen molar-refractivity contribution in [2.24, 2.45) is 4.99 Å². The molecular weight excluding hydrogens is 366 g/mol. The molecule has 2 amide bonds. The zero-order valence-electron chi connectivity index (χ0n) is 16.5. The first-order valence-electron chi connectivity index (χ1n) is 9.48. The van der Waals surface area contributed by atoms with Crippen molar-refractivity contribution in [2.75, 3.05) is 11.9 Å². The Morgan fingerprint density at radius 2 is 2.00 bits per heavy atom. The fourth-order valence-corrected chi connectivity index (χ4v) is 3.20. The average Bonchev–Trinajstić information content (AvgIpc) is 2.84. The van der Waals surface area contributed by atoms with Crippen molar-refractivity contribution in [3.63, 3.8) is 0 Å². The topological polar surface area (TPSA) is 82.0 Å². The van der Waals surface area contributed by atoms with Gasteiger partial charge in [-0.15, -0.1) is 0 Å². The van der Waals surface area contributed by atoms with Crippen LogP contribution in [0.2, 0.25) is 0 Å². The lowest BCUT2D eigenvalue weighted by Crippen LogP contribution is -2.32. The van der Waals surface area contributed by atoms with E-state index in [0.717, 1.165) is 28.1 Å². The summed E-state index contributed by atoms with van der Waals surface area (Å²) < 4.78 is 0. The van der Waals surface area contributed by atoms with Crippen molar-refractivity contribution in [1.29, 1.82) is 0 Å². The first-order chi connectivity index (χ1) is 14.0. The normalized spacial score (nSPS) is 15.6. The molecular formula is C23H23N3O3. The molecule has 0 aliphatic carbocycles. The number of benzodiazepines with no additional fused rings is 1. The zero-order chi connectivity index (χ0) is 20.8. The summed E-state index contributed by atoms with van der Waals surface area (Å²) in [6.45, 7) is 1.80. The molecule has 0 aromatic heterocycles. The molecule has 0 saturated carbocycles. The van der Waals surface area contributed by atoms with E-state index in [2.05, 4.69) is 11.8 Å². The van der Waals surface area contributed by atoms with E-state index in [1.54, 1.807) is 24.4 Å².